The molecule has 0 unspecified atom stereocenters. The molecule has 0 fully saturated rings. The summed E-state index contributed by atoms with van der Waals surface area (Å²) in [5.41, 5.74) is -0.0164. The van der Waals surface area contributed by atoms with Crippen molar-refractivity contribution in [3.8, 4) is 5.88 Å². The molecule has 0 radical (unpaired) electrons. The van der Waals surface area contributed by atoms with E-state index in [4.69, 9.17) is 4.74 Å². The molecule has 0 amide bonds. The van der Waals surface area contributed by atoms with Gasteiger partial charge >= 0.3 is 0 Å². The Hall–Kier alpha value is -1.32. The van der Waals surface area contributed by atoms with Crippen LogP contribution in [-0.2, 0) is 6.54 Å². The van der Waals surface area contributed by atoms with E-state index in [9.17, 15) is 4.79 Å². The summed E-state index contributed by atoms with van der Waals surface area (Å²) < 4.78 is 6.73. The van der Waals surface area contributed by atoms with Crippen molar-refractivity contribution in [3.63, 3.8) is 0 Å². The number of methoxy groups -OCH3 is 1. The number of unbranched alkanes of at least 4 members (excludes halogenated alkanes) is 7. The maximum Gasteiger partial charge on any atom is 0.257 e. The van der Waals surface area contributed by atoms with Crippen LogP contribution >= 0.6 is 0 Å². The Bertz CT molecular complexity index is 441. The molecule has 4 heteroatoms. The Morgan fingerprint density at radius 2 is 1.70 bits per heavy atom. The number of hydrogen-bond donors (Lipinski definition) is 0. The molecule has 1 rings (SSSR count). The first-order chi connectivity index (χ1) is 9.69. The third-order valence-corrected chi connectivity index (χ3v) is 3.62. The number of ether oxygens (including phenoxy) is 1. The average Bonchev–Trinajstić information content (AvgIpc) is 2.43. The Morgan fingerprint density at radius 1 is 1.10 bits per heavy atom. The second kappa shape index (κ2) is 9.56. The normalized spacial score (nSPS) is 10.8. The summed E-state index contributed by atoms with van der Waals surface area (Å²) >= 11 is 0. The zero-order chi connectivity index (χ0) is 14.8. The Kier molecular flexibility index (Phi) is 8.00. The Balaban J connectivity index is 2.27. The summed E-state index contributed by atoms with van der Waals surface area (Å²) in [4.78, 5) is 16.1. The average molecular weight is 280 g/mol. The Morgan fingerprint density at radius 3 is 2.25 bits per heavy atom. The van der Waals surface area contributed by atoms with Gasteiger partial charge in [0, 0.05) is 6.54 Å². The summed E-state index contributed by atoms with van der Waals surface area (Å²) in [6.07, 6.45) is 10.2. The molecule has 4 nitrogen and oxygen atoms in total. The van der Waals surface area contributed by atoms with Crippen molar-refractivity contribution in [1.29, 1.82) is 0 Å². The fourth-order valence-corrected chi connectivity index (χ4v) is 2.38. The van der Waals surface area contributed by atoms with Crippen molar-refractivity contribution in [3.05, 3.63) is 22.2 Å². The van der Waals surface area contributed by atoms with Crippen LogP contribution in [0.5, 0.6) is 5.88 Å². The van der Waals surface area contributed by atoms with E-state index < -0.39 is 0 Å². The molecule has 0 saturated carbocycles. The van der Waals surface area contributed by atoms with E-state index >= 15 is 0 Å². The van der Waals surface area contributed by atoms with Gasteiger partial charge in [0.2, 0.25) is 5.88 Å². The molecule has 0 aliphatic carbocycles. The SMILES string of the molecule is CCCCCCCCCCn1c(C)nc(OC)cc1=O. The minimum Gasteiger partial charge on any atom is -0.481 e. The van der Waals surface area contributed by atoms with E-state index in [0.29, 0.717) is 5.88 Å². The number of hydrogen-bond acceptors (Lipinski definition) is 3. The van der Waals surface area contributed by atoms with E-state index in [0.717, 1.165) is 18.8 Å². The lowest BCUT2D eigenvalue weighted by Gasteiger charge is -2.10. The molecule has 0 saturated heterocycles. The predicted molar refractivity (Wildman–Crippen MR) is 82.4 cm³/mol. The largest absolute Gasteiger partial charge is 0.481 e. The summed E-state index contributed by atoms with van der Waals surface area (Å²) in [7, 11) is 1.53. The van der Waals surface area contributed by atoms with Gasteiger partial charge in [-0.2, -0.15) is 0 Å². The van der Waals surface area contributed by atoms with Gasteiger partial charge in [-0.15, -0.1) is 0 Å². The van der Waals surface area contributed by atoms with Gasteiger partial charge in [-0.3, -0.25) is 9.36 Å². The quantitative estimate of drug-likeness (QED) is 0.614. The lowest BCUT2D eigenvalue weighted by atomic mass is 10.1. The van der Waals surface area contributed by atoms with Gasteiger partial charge in [-0.25, -0.2) is 4.98 Å². The van der Waals surface area contributed by atoms with Crippen molar-refractivity contribution in [1.82, 2.24) is 9.55 Å². The fraction of sp³-hybridized carbons (Fsp3) is 0.750. The number of nitrogens with zero attached hydrogens (tertiary/aromatic N) is 2. The molecule has 1 aromatic heterocycles. The molecule has 114 valence electrons. The highest BCUT2D eigenvalue weighted by Gasteiger charge is 2.04. The van der Waals surface area contributed by atoms with Gasteiger partial charge in [-0.1, -0.05) is 51.9 Å². The molecule has 0 aromatic carbocycles. The van der Waals surface area contributed by atoms with Gasteiger partial charge < -0.3 is 4.74 Å². The van der Waals surface area contributed by atoms with E-state index in [1.807, 2.05) is 6.92 Å². The van der Waals surface area contributed by atoms with Crippen LogP contribution in [0.25, 0.3) is 0 Å². The first-order valence-electron chi connectivity index (χ1n) is 7.81. The summed E-state index contributed by atoms with van der Waals surface area (Å²) in [6, 6.07) is 1.46. The van der Waals surface area contributed by atoms with Gasteiger partial charge in [0.1, 0.15) is 5.82 Å². The highest BCUT2D eigenvalue weighted by molar-refractivity contribution is 5.09. The Labute approximate surface area is 122 Å². The molecule has 1 aromatic rings. The number of aromatic nitrogens is 2. The first kappa shape index (κ1) is 16.7. The highest BCUT2D eigenvalue weighted by Crippen LogP contribution is 2.09. The first-order valence-corrected chi connectivity index (χ1v) is 7.81. The van der Waals surface area contributed by atoms with E-state index in [2.05, 4.69) is 11.9 Å². The van der Waals surface area contributed by atoms with Gasteiger partial charge in [0.05, 0.1) is 13.2 Å². The molecule has 0 bridgehead atoms. The lowest BCUT2D eigenvalue weighted by Crippen LogP contribution is -2.23. The van der Waals surface area contributed by atoms with Crippen LogP contribution in [0.4, 0.5) is 0 Å². The highest BCUT2D eigenvalue weighted by atomic mass is 16.5. The van der Waals surface area contributed by atoms with Gasteiger partial charge in [-0.05, 0) is 13.3 Å². The predicted octanol–water partition coefficient (Wildman–Crippen LogP) is 3.70. The van der Waals surface area contributed by atoms with Crippen LogP contribution in [0.1, 0.15) is 64.1 Å². The van der Waals surface area contributed by atoms with Crippen LogP contribution < -0.4 is 10.3 Å². The monoisotopic (exact) mass is 280 g/mol. The van der Waals surface area contributed by atoms with E-state index in [1.54, 1.807) is 4.57 Å². The third-order valence-electron chi connectivity index (χ3n) is 3.62. The standard InChI is InChI=1S/C16H28N2O2/c1-4-5-6-7-8-9-10-11-12-18-14(2)17-15(20-3)13-16(18)19/h13H,4-12H2,1-3H3. The maximum absolute atomic E-state index is 11.9. The second-order valence-electron chi connectivity index (χ2n) is 5.31. The number of aryl methyl sites for hydroxylation is 1. The smallest absolute Gasteiger partial charge is 0.257 e. The summed E-state index contributed by atoms with van der Waals surface area (Å²) in [5.74, 6) is 1.14. The van der Waals surface area contributed by atoms with Crippen molar-refractivity contribution in [2.24, 2.45) is 0 Å². The summed E-state index contributed by atoms with van der Waals surface area (Å²) in [5, 5.41) is 0. The molecule has 0 aliphatic rings. The zero-order valence-electron chi connectivity index (χ0n) is 13.2. The van der Waals surface area contributed by atoms with E-state index in [1.165, 1.54) is 58.1 Å². The fourth-order valence-electron chi connectivity index (χ4n) is 2.38. The molecule has 0 aliphatic heterocycles. The van der Waals surface area contributed by atoms with Crippen molar-refractivity contribution in [2.45, 2.75) is 71.8 Å². The number of rotatable bonds is 10. The van der Waals surface area contributed by atoms with Crippen LogP contribution in [0, 0.1) is 6.92 Å². The minimum absolute atomic E-state index is 0.0164. The molecular weight excluding hydrogens is 252 g/mol. The van der Waals surface area contributed by atoms with E-state index in [-0.39, 0.29) is 5.56 Å². The van der Waals surface area contributed by atoms with Crippen LogP contribution in [0.2, 0.25) is 0 Å². The topological polar surface area (TPSA) is 44.1 Å². The molecule has 20 heavy (non-hydrogen) atoms. The van der Waals surface area contributed by atoms with Crippen molar-refractivity contribution < 1.29 is 4.74 Å². The lowest BCUT2D eigenvalue weighted by molar-refractivity contribution is 0.390. The minimum atomic E-state index is -0.0164. The van der Waals surface area contributed by atoms with Crippen LogP contribution in [-0.4, -0.2) is 16.7 Å². The third kappa shape index (κ3) is 5.76. The van der Waals surface area contributed by atoms with Crippen LogP contribution in [0.3, 0.4) is 0 Å². The summed E-state index contributed by atoms with van der Waals surface area (Å²) in [6.45, 7) is 4.86. The molecule has 0 spiro atoms. The maximum atomic E-state index is 11.9. The molecule has 1 heterocycles. The van der Waals surface area contributed by atoms with Gasteiger partial charge in [0.25, 0.3) is 5.56 Å². The second-order valence-corrected chi connectivity index (χ2v) is 5.31. The van der Waals surface area contributed by atoms with Crippen LogP contribution in [0.15, 0.2) is 10.9 Å². The molecule has 0 atom stereocenters. The molecule has 0 N–H and O–H groups in total. The van der Waals surface area contributed by atoms with Crippen molar-refractivity contribution in [2.75, 3.05) is 7.11 Å². The zero-order valence-corrected chi connectivity index (χ0v) is 13.2. The van der Waals surface area contributed by atoms with Gasteiger partial charge in [0.15, 0.2) is 0 Å². The van der Waals surface area contributed by atoms with Crippen molar-refractivity contribution >= 4 is 0 Å². The molecular formula is C16H28N2O2.